The molecule has 0 radical (unpaired) electrons. The van der Waals surface area contributed by atoms with Gasteiger partial charge < -0.3 is 5.32 Å². The first-order valence-corrected chi connectivity index (χ1v) is 7.84. The minimum absolute atomic E-state index is 0.634. The summed E-state index contributed by atoms with van der Waals surface area (Å²) >= 11 is 0. The van der Waals surface area contributed by atoms with Gasteiger partial charge in [0.05, 0.1) is 0 Å². The van der Waals surface area contributed by atoms with Crippen molar-refractivity contribution < 1.29 is 0 Å². The fourth-order valence-corrected chi connectivity index (χ4v) is 3.39. The summed E-state index contributed by atoms with van der Waals surface area (Å²) in [5.74, 6) is 0. The Bertz CT molecular complexity index is 358. The monoisotopic (exact) mass is 260 g/mol. The van der Waals surface area contributed by atoms with Crippen LogP contribution in [0.3, 0.4) is 0 Å². The zero-order chi connectivity index (χ0) is 13.7. The zero-order valence-electron chi connectivity index (χ0n) is 12.7. The van der Waals surface area contributed by atoms with Crippen LogP contribution in [0, 0.1) is 0 Å². The summed E-state index contributed by atoms with van der Waals surface area (Å²) in [7, 11) is 0. The van der Waals surface area contributed by atoms with Crippen LogP contribution >= 0.6 is 0 Å². The predicted molar refractivity (Wildman–Crippen MR) is 82.1 cm³/mol. The van der Waals surface area contributed by atoms with Gasteiger partial charge in [-0.3, -0.25) is 4.90 Å². The molecule has 0 amide bonds. The molecule has 1 heterocycles. The second kappa shape index (κ2) is 7.06. The van der Waals surface area contributed by atoms with E-state index in [4.69, 9.17) is 0 Å². The lowest BCUT2D eigenvalue weighted by molar-refractivity contribution is 0.146. The van der Waals surface area contributed by atoms with Crippen molar-refractivity contribution in [3.8, 4) is 0 Å². The Labute approximate surface area is 118 Å². The van der Waals surface area contributed by atoms with Gasteiger partial charge in [-0.1, -0.05) is 51.5 Å². The van der Waals surface area contributed by atoms with Crippen molar-refractivity contribution in [3.63, 3.8) is 0 Å². The molecule has 0 spiro atoms. The SMILES string of the molecule is CCCC(NCC)C(CC)N1Cc2ccccc2C1. The Morgan fingerprint density at radius 1 is 1.11 bits per heavy atom. The molecule has 2 rings (SSSR count). The Morgan fingerprint density at radius 2 is 1.74 bits per heavy atom. The van der Waals surface area contributed by atoms with Gasteiger partial charge in [0.2, 0.25) is 0 Å². The number of likely N-dealkylation sites (N-methyl/N-ethyl adjacent to an activating group) is 1. The van der Waals surface area contributed by atoms with Gasteiger partial charge in [0.25, 0.3) is 0 Å². The number of fused-ring (bicyclic) bond motifs is 1. The quantitative estimate of drug-likeness (QED) is 0.806. The lowest BCUT2D eigenvalue weighted by atomic mass is 9.99. The van der Waals surface area contributed by atoms with Gasteiger partial charge in [-0.2, -0.15) is 0 Å². The van der Waals surface area contributed by atoms with Crippen LogP contribution in [-0.2, 0) is 13.1 Å². The highest BCUT2D eigenvalue weighted by Crippen LogP contribution is 2.27. The van der Waals surface area contributed by atoms with Gasteiger partial charge in [0, 0.05) is 25.2 Å². The molecule has 106 valence electrons. The second-order valence-electron chi connectivity index (χ2n) is 5.60. The molecule has 1 aromatic rings. The van der Waals surface area contributed by atoms with Gasteiger partial charge in [0.15, 0.2) is 0 Å². The molecular formula is C17H28N2. The number of hydrogen-bond acceptors (Lipinski definition) is 2. The molecule has 0 saturated carbocycles. The van der Waals surface area contributed by atoms with Crippen molar-refractivity contribution in [2.24, 2.45) is 0 Å². The highest BCUT2D eigenvalue weighted by Gasteiger charge is 2.29. The standard InChI is InChI=1S/C17H28N2/c1-4-9-16(18-6-3)17(5-2)19-12-14-10-7-8-11-15(14)13-19/h7-8,10-11,16-18H,4-6,9,12-13H2,1-3H3. The van der Waals surface area contributed by atoms with E-state index in [0.29, 0.717) is 12.1 Å². The zero-order valence-corrected chi connectivity index (χ0v) is 12.7. The summed E-state index contributed by atoms with van der Waals surface area (Å²) in [5.41, 5.74) is 3.04. The minimum Gasteiger partial charge on any atom is -0.313 e. The summed E-state index contributed by atoms with van der Waals surface area (Å²) in [4.78, 5) is 2.66. The van der Waals surface area contributed by atoms with E-state index in [9.17, 15) is 0 Å². The highest BCUT2D eigenvalue weighted by atomic mass is 15.2. The molecule has 2 nitrogen and oxygen atoms in total. The third-order valence-corrected chi connectivity index (χ3v) is 4.28. The van der Waals surface area contributed by atoms with E-state index in [1.807, 2.05) is 0 Å². The van der Waals surface area contributed by atoms with Crippen LogP contribution in [0.25, 0.3) is 0 Å². The van der Waals surface area contributed by atoms with E-state index in [2.05, 4.69) is 55.3 Å². The molecule has 1 aliphatic heterocycles. The first-order chi connectivity index (χ1) is 9.30. The molecule has 0 bridgehead atoms. The minimum atomic E-state index is 0.634. The molecule has 0 fully saturated rings. The summed E-state index contributed by atoms with van der Waals surface area (Å²) in [6.45, 7) is 10.2. The van der Waals surface area contributed by atoms with Crippen molar-refractivity contribution in [3.05, 3.63) is 35.4 Å². The third kappa shape index (κ3) is 3.37. The Hall–Kier alpha value is -0.860. The predicted octanol–water partition coefficient (Wildman–Crippen LogP) is 3.56. The number of hydrogen-bond donors (Lipinski definition) is 1. The van der Waals surface area contributed by atoms with Gasteiger partial charge in [0.1, 0.15) is 0 Å². The maximum Gasteiger partial charge on any atom is 0.0253 e. The lowest BCUT2D eigenvalue weighted by Crippen LogP contribution is -2.47. The molecule has 19 heavy (non-hydrogen) atoms. The number of benzene rings is 1. The first kappa shape index (κ1) is 14.5. The molecule has 1 N–H and O–H groups in total. The van der Waals surface area contributed by atoms with E-state index >= 15 is 0 Å². The maximum atomic E-state index is 3.70. The van der Waals surface area contributed by atoms with Gasteiger partial charge in [-0.05, 0) is 30.5 Å². The van der Waals surface area contributed by atoms with E-state index in [0.717, 1.165) is 19.6 Å². The van der Waals surface area contributed by atoms with E-state index < -0.39 is 0 Å². The van der Waals surface area contributed by atoms with Crippen LogP contribution < -0.4 is 5.32 Å². The van der Waals surface area contributed by atoms with Crippen molar-refractivity contribution in [1.82, 2.24) is 10.2 Å². The van der Waals surface area contributed by atoms with Crippen LogP contribution in [-0.4, -0.2) is 23.5 Å². The summed E-state index contributed by atoms with van der Waals surface area (Å²) < 4.78 is 0. The highest BCUT2D eigenvalue weighted by molar-refractivity contribution is 5.30. The number of nitrogens with zero attached hydrogens (tertiary/aromatic N) is 1. The fourth-order valence-electron chi connectivity index (χ4n) is 3.39. The topological polar surface area (TPSA) is 15.3 Å². The normalized spacial score (nSPS) is 18.3. The molecule has 2 unspecified atom stereocenters. The Balaban J connectivity index is 2.06. The summed E-state index contributed by atoms with van der Waals surface area (Å²) in [5, 5.41) is 3.70. The van der Waals surface area contributed by atoms with Crippen molar-refractivity contribution >= 4 is 0 Å². The summed E-state index contributed by atoms with van der Waals surface area (Å²) in [6, 6.07) is 10.2. The van der Waals surface area contributed by atoms with Crippen LogP contribution in [0.1, 0.15) is 51.2 Å². The average Bonchev–Trinajstić information content (AvgIpc) is 2.83. The van der Waals surface area contributed by atoms with Crippen molar-refractivity contribution in [1.29, 1.82) is 0 Å². The molecule has 0 saturated heterocycles. The first-order valence-electron chi connectivity index (χ1n) is 7.84. The van der Waals surface area contributed by atoms with E-state index in [-0.39, 0.29) is 0 Å². The maximum absolute atomic E-state index is 3.70. The van der Waals surface area contributed by atoms with Crippen molar-refractivity contribution in [2.45, 2.75) is 65.2 Å². The van der Waals surface area contributed by atoms with Crippen molar-refractivity contribution in [2.75, 3.05) is 6.54 Å². The Kier molecular flexibility index (Phi) is 5.41. The smallest absolute Gasteiger partial charge is 0.0253 e. The molecule has 1 aliphatic rings. The number of nitrogens with one attached hydrogen (secondary N) is 1. The van der Waals surface area contributed by atoms with Gasteiger partial charge in [-0.15, -0.1) is 0 Å². The molecule has 2 heteroatoms. The largest absolute Gasteiger partial charge is 0.313 e. The third-order valence-electron chi connectivity index (χ3n) is 4.28. The second-order valence-corrected chi connectivity index (χ2v) is 5.60. The average molecular weight is 260 g/mol. The van der Waals surface area contributed by atoms with Gasteiger partial charge in [-0.25, -0.2) is 0 Å². The molecule has 1 aromatic carbocycles. The van der Waals surface area contributed by atoms with Crippen LogP contribution in [0.2, 0.25) is 0 Å². The van der Waals surface area contributed by atoms with Crippen LogP contribution in [0.15, 0.2) is 24.3 Å². The van der Waals surface area contributed by atoms with E-state index in [1.54, 1.807) is 0 Å². The Morgan fingerprint density at radius 3 is 2.21 bits per heavy atom. The fraction of sp³-hybridized carbons (Fsp3) is 0.647. The molecule has 0 aromatic heterocycles. The van der Waals surface area contributed by atoms with Gasteiger partial charge >= 0.3 is 0 Å². The molecule has 0 aliphatic carbocycles. The van der Waals surface area contributed by atoms with E-state index in [1.165, 1.54) is 30.4 Å². The number of rotatable bonds is 7. The lowest BCUT2D eigenvalue weighted by Gasteiger charge is -2.34. The summed E-state index contributed by atoms with van der Waals surface area (Å²) in [6.07, 6.45) is 3.76. The van der Waals surface area contributed by atoms with Crippen LogP contribution in [0.5, 0.6) is 0 Å². The molecular weight excluding hydrogens is 232 g/mol. The van der Waals surface area contributed by atoms with Crippen LogP contribution in [0.4, 0.5) is 0 Å². The molecule has 2 atom stereocenters.